The second-order valence-electron chi connectivity index (χ2n) is 5.40. The van der Waals surface area contributed by atoms with Gasteiger partial charge in [-0.1, -0.05) is 12.1 Å². The molecule has 1 fully saturated rings. The Bertz CT molecular complexity index is 754. The zero-order valence-electron chi connectivity index (χ0n) is 11.9. The number of carbonyl (C=O) groups excluding carboxylic acids is 1. The van der Waals surface area contributed by atoms with Crippen molar-refractivity contribution in [1.82, 2.24) is 9.88 Å². The summed E-state index contributed by atoms with van der Waals surface area (Å²) < 4.78 is 40.1. The van der Waals surface area contributed by atoms with Crippen LogP contribution in [0.5, 0.6) is 0 Å². The minimum atomic E-state index is -1.07. The van der Waals surface area contributed by atoms with E-state index in [2.05, 4.69) is 4.98 Å². The summed E-state index contributed by atoms with van der Waals surface area (Å²) in [7, 11) is 0. The van der Waals surface area contributed by atoms with Gasteiger partial charge < -0.3 is 10.0 Å². The first kappa shape index (κ1) is 15.5. The highest BCUT2D eigenvalue weighted by Crippen LogP contribution is 2.33. The smallest absolute Gasteiger partial charge is 0.276 e. The summed E-state index contributed by atoms with van der Waals surface area (Å²) in [6.07, 6.45) is 0.147. The number of aliphatic hydroxyl groups is 1. The number of aliphatic hydroxyl groups excluding tert-OH is 1. The molecule has 0 bridgehead atoms. The highest BCUT2D eigenvalue weighted by Gasteiger charge is 2.37. The third kappa shape index (κ3) is 3.05. The molecule has 0 saturated carbocycles. The molecule has 1 aromatic heterocycles. The van der Waals surface area contributed by atoms with Crippen molar-refractivity contribution in [3.05, 3.63) is 65.2 Å². The van der Waals surface area contributed by atoms with Crippen molar-refractivity contribution in [2.75, 3.05) is 6.54 Å². The van der Waals surface area contributed by atoms with Gasteiger partial charge in [0.1, 0.15) is 11.6 Å². The maximum atomic E-state index is 13.8. The van der Waals surface area contributed by atoms with E-state index >= 15 is 0 Å². The second-order valence-corrected chi connectivity index (χ2v) is 5.40. The lowest BCUT2D eigenvalue weighted by Gasteiger charge is -2.24. The Morgan fingerprint density at radius 2 is 2.00 bits per heavy atom. The number of pyridine rings is 1. The van der Waals surface area contributed by atoms with Crippen LogP contribution in [0.4, 0.5) is 13.2 Å². The summed E-state index contributed by atoms with van der Waals surface area (Å²) in [5.74, 6) is -3.20. The van der Waals surface area contributed by atoms with Gasteiger partial charge in [0.15, 0.2) is 11.5 Å². The standard InChI is InChI=1S/C16H13F3N2O2/c17-10-3-1-2-9(4-10)14-6-12(22)8-21(14)16(23)15-13(19)5-11(18)7-20-15/h1-5,7,12,14,22H,6,8H2/t12-,14+/m1/s1. The number of hydrogen-bond donors (Lipinski definition) is 1. The number of hydrogen-bond acceptors (Lipinski definition) is 3. The third-order valence-corrected chi connectivity index (χ3v) is 3.78. The largest absolute Gasteiger partial charge is 0.391 e. The highest BCUT2D eigenvalue weighted by molar-refractivity contribution is 5.93. The molecule has 0 spiro atoms. The molecule has 1 aliphatic heterocycles. The Morgan fingerprint density at radius 3 is 2.70 bits per heavy atom. The Balaban J connectivity index is 1.94. The van der Waals surface area contributed by atoms with Gasteiger partial charge in [-0.2, -0.15) is 0 Å². The molecular formula is C16H13F3N2O2. The minimum absolute atomic E-state index is 0.0293. The van der Waals surface area contributed by atoms with Crippen molar-refractivity contribution in [1.29, 1.82) is 0 Å². The van der Waals surface area contributed by atoms with Gasteiger partial charge in [-0.15, -0.1) is 0 Å². The monoisotopic (exact) mass is 322 g/mol. The first-order valence-electron chi connectivity index (χ1n) is 7.01. The summed E-state index contributed by atoms with van der Waals surface area (Å²) in [5.41, 5.74) is -0.0284. The number of aromatic nitrogens is 1. The minimum Gasteiger partial charge on any atom is -0.391 e. The van der Waals surface area contributed by atoms with Crippen molar-refractivity contribution >= 4 is 5.91 Å². The van der Waals surface area contributed by atoms with Crippen LogP contribution < -0.4 is 0 Å². The number of amides is 1. The van der Waals surface area contributed by atoms with Crippen LogP contribution in [-0.4, -0.2) is 33.5 Å². The van der Waals surface area contributed by atoms with Gasteiger partial charge >= 0.3 is 0 Å². The van der Waals surface area contributed by atoms with Gasteiger partial charge in [-0.25, -0.2) is 18.2 Å². The molecule has 1 N–H and O–H groups in total. The van der Waals surface area contributed by atoms with Crippen molar-refractivity contribution < 1.29 is 23.1 Å². The zero-order valence-corrected chi connectivity index (χ0v) is 11.9. The molecule has 7 heteroatoms. The number of nitrogens with zero attached hydrogens (tertiary/aromatic N) is 2. The molecule has 3 rings (SSSR count). The number of rotatable bonds is 2. The molecule has 2 aromatic rings. The molecule has 0 aliphatic carbocycles. The van der Waals surface area contributed by atoms with Crippen LogP contribution >= 0.6 is 0 Å². The van der Waals surface area contributed by atoms with Gasteiger partial charge in [-0.05, 0) is 24.1 Å². The molecule has 1 aromatic carbocycles. The van der Waals surface area contributed by atoms with Crippen LogP contribution in [0.15, 0.2) is 36.5 Å². The van der Waals surface area contributed by atoms with E-state index in [9.17, 15) is 23.1 Å². The third-order valence-electron chi connectivity index (χ3n) is 3.78. The molecule has 2 heterocycles. The normalized spacial score (nSPS) is 20.8. The first-order chi connectivity index (χ1) is 11.0. The van der Waals surface area contributed by atoms with Crippen molar-refractivity contribution in [2.45, 2.75) is 18.6 Å². The van der Waals surface area contributed by atoms with E-state index in [1.165, 1.54) is 23.1 Å². The highest BCUT2D eigenvalue weighted by atomic mass is 19.1. The summed E-state index contributed by atoms with van der Waals surface area (Å²) in [4.78, 5) is 17.2. The molecular weight excluding hydrogens is 309 g/mol. The average molecular weight is 322 g/mol. The van der Waals surface area contributed by atoms with E-state index in [0.29, 0.717) is 11.6 Å². The predicted molar refractivity (Wildman–Crippen MR) is 75.0 cm³/mol. The fraction of sp³-hybridized carbons (Fsp3) is 0.250. The maximum absolute atomic E-state index is 13.8. The second kappa shape index (κ2) is 6.00. The number of likely N-dealkylation sites (tertiary alicyclic amines) is 1. The molecule has 4 nitrogen and oxygen atoms in total. The number of β-amino-alcohol motifs (C(OH)–C–C–N with tert-alkyl or cyclic N) is 1. The lowest BCUT2D eigenvalue weighted by molar-refractivity contribution is 0.0704. The Hall–Kier alpha value is -2.41. The fourth-order valence-electron chi connectivity index (χ4n) is 2.78. The molecule has 120 valence electrons. The molecule has 0 unspecified atom stereocenters. The molecule has 0 radical (unpaired) electrons. The molecule has 2 atom stereocenters. The molecule has 1 saturated heterocycles. The average Bonchev–Trinajstić information content (AvgIpc) is 2.89. The van der Waals surface area contributed by atoms with Gasteiger partial charge in [0.05, 0.1) is 18.3 Å². The van der Waals surface area contributed by atoms with Crippen LogP contribution in [0.2, 0.25) is 0 Å². The number of benzene rings is 1. The van der Waals surface area contributed by atoms with Crippen molar-refractivity contribution in [3.8, 4) is 0 Å². The van der Waals surface area contributed by atoms with Gasteiger partial charge in [0, 0.05) is 12.6 Å². The number of carbonyl (C=O) groups is 1. The zero-order chi connectivity index (χ0) is 16.6. The lowest BCUT2D eigenvalue weighted by Crippen LogP contribution is -2.33. The van der Waals surface area contributed by atoms with Gasteiger partial charge in [0.2, 0.25) is 0 Å². The summed E-state index contributed by atoms with van der Waals surface area (Å²) in [6, 6.07) is 5.62. The van der Waals surface area contributed by atoms with Crippen LogP contribution in [0.25, 0.3) is 0 Å². The fourth-order valence-corrected chi connectivity index (χ4v) is 2.78. The Labute approximate surface area is 130 Å². The van der Waals surface area contributed by atoms with Crippen LogP contribution in [0.3, 0.4) is 0 Å². The quantitative estimate of drug-likeness (QED) is 0.924. The lowest BCUT2D eigenvalue weighted by atomic mass is 10.0. The van der Waals surface area contributed by atoms with Crippen LogP contribution in [0, 0.1) is 17.5 Å². The van der Waals surface area contributed by atoms with E-state index in [1.807, 2.05) is 0 Å². The van der Waals surface area contributed by atoms with Crippen molar-refractivity contribution in [3.63, 3.8) is 0 Å². The van der Waals surface area contributed by atoms with Gasteiger partial charge in [-0.3, -0.25) is 4.79 Å². The van der Waals surface area contributed by atoms with E-state index < -0.39 is 41.2 Å². The first-order valence-corrected chi connectivity index (χ1v) is 7.01. The Morgan fingerprint density at radius 1 is 1.22 bits per heavy atom. The van der Waals surface area contributed by atoms with E-state index in [-0.39, 0.29) is 13.0 Å². The van der Waals surface area contributed by atoms with E-state index in [0.717, 1.165) is 6.20 Å². The SMILES string of the molecule is O=C(c1ncc(F)cc1F)N1C[C@H](O)C[C@H]1c1cccc(F)c1. The molecule has 1 amide bonds. The van der Waals surface area contributed by atoms with E-state index in [1.54, 1.807) is 6.07 Å². The predicted octanol–water partition coefficient (Wildman–Crippen LogP) is 2.45. The van der Waals surface area contributed by atoms with Gasteiger partial charge in [0.25, 0.3) is 5.91 Å². The molecule has 1 aliphatic rings. The topological polar surface area (TPSA) is 53.4 Å². The summed E-state index contributed by atoms with van der Waals surface area (Å²) >= 11 is 0. The number of halogens is 3. The Kier molecular flexibility index (Phi) is 4.04. The van der Waals surface area contributed by atoms with Crippen molar-refractivity contribution in [2.24, 2.45) is 0 Å². The van der Waals surface area contributed by atoms with Crippen LogP contribution in [-0.2, 0) is 0 Å². The summed E-state index contributed by atoms with van der Waals surface area (Å²) in [5, 5.41) is 9.85. The molecule has 23 heavy (non-hydrogen) atoms. The van der Waals surface area contributed by atoms with E-state index in [4.69, 9.17) is 0 Å². The maximum Gasteiger partial charge on any atom is 0.276 e. The summed E-state index contributed by atoms with van der Waals surface area (Å²) in [6.45, 7) is -0.0293. The van der Waals surface area contributed by atoms with Crippen LogP contribution in [0.1, 0.15) is 28.5 Å².